The van der Waals surface area contributed by atoms with E-state index in [0.29, 0.717) is 5.58 Å². The van der Waals surface area contributed by atoms with Crippen molar-refractivity contribution in [1.82, 2.24) is 10.1 Å². The molecule has 4 nitrogen and oxygen atoms in total. The second kappa shape index (κ2) is 5.61. The Kier molecular flexibility index (Phi) is 3.44. The van der Waals surface area contributed by atoms with Gasteiger partial charge in [-0.3, -0.25) is 0 Å². The summed E-state index contributed by atoms with van der Waals surface area (Å²) < 4.78 is 5.50. The summed E-state index contributed by atoms with van der Waals surface area (Å²) in [5, 5.41) is 15.3. The Hall–Kier alpha value is -2.50. The van der Waals surface area contributed by atoms with Gasteiger partial charge in [0.15, 0.2) is 5.58 Å². The molecule has 0 aliphatic heterocycles. The normalized spacial score (nSPS) is 11.2. The summed E-state index contributed by atoms with van der Waals surface area (Å²) in [6.07, 6.45) is 0. The standard InChI is InChI=1S/C18H14N2O2S/c1-11-17-18(22-20-11)14(13-6-4-12(10-21)5-7-13)9-15(19-17)16-3-2-8-23-16/h2-9,21H,10H2,1H3. The summed E-state index contributed by atoms with van der Waals surface area (Å²) in [7, 11) is 0. The van der Waals surface area contributed by atoms with Gasteiger partial charge >= 0.3 is 0 Å². The molecule has 3 aromatic heterocycles. The smallest absolute Gasteiger partial charge is 0.193 e. The second-order valence-electron chi connectivity index (χ2n) is 5.33. The quantitative estimate of drug-likeness (QED) is 0.606. The molecule has 0 aliphatic carbocycles. The Labute approximate surface area is 137 Å². The monoisotopic (exact) mass is 322 g/mol. The summed E-state index contributed by atoms with van der Waals surface area (Å²) in [5.41, 5.74) is 6.04. The molecule has 0 saturated carbocycles. The molecule has 23 heavy (non-hydrogen) atoms. The number of fused-ring (bicyclic) bond motifs is 1. The highest BCUT2D eigenvalue weighted by molar-refractivity contribution is 7.13. The van der Waals surface area contributed by atoms with Gasteiger partial charge in [0.05, 0.1) is 17.2 Å². The molecule has 4 rings (SSSR count). The van der Waals surface area contributed by atoms with Crippen LogP contribution in [0.4, 0.5) is 0 Å². The van der Waals surface area contributed by atoms with Gasteiger partial charge in [-0.25, -0.2) is 4.98 Å². The first kappa shape index (κ1) is 14.1. The first-order valence-corrected chi connectivity index (χ1v) is 8.15. The molecule has 0 radical (unpaired) electrons. The highest BCUT2D eigenvalue weighted by Gasteiger charge is 2.16. The minimum Gasteiger partial charge on any atom is -0.392 e. The number of thiophene rings is 1. The zero-order valence-electron chi connectivity index (χ0n) is 12.5. The van der Waals surface area contributed by atoms with Crippen LogP contribution in [-0.2, 0) is 6.61 Å². The van der Waals surface area contributed by atoms with Crippen molar-refractivity contribution < 1.29 is 9.63 Å². The third-order valence-electron chi connectivity index (χ3n) is 3.81. The molecule has 114 valence electrons. The number of hydrogen-bond acceptors (Lipinski definition) is 5. The fraction of sp³-hybridized carbons (Fsp3) is 0.111. The molecule has 0 spiro atoms. The van der Waals surface area contributed by atoms with E-state index in [4.69, 9.17) is 9.51 Å². The van der Waals surface area contributed by atoms with Crippen molar-refractivity contribution in [2.45, 2.75) is 13.5 Å². The Morgan fingerprint density at radius 2 is 2.00 bits per heavy atom. The number of hydrogen-bond donors (Lipinski definition) is 1. The van der Waals surface area contributed by atoms with Gasteiger partial charge in [0.2, 0.25) is 0 Å². The lowest BCUT2D eigenvalue weighted by Crippen LogP contribution is -1.88. The number of rotatable bonds is 3. The van der Waals surface area contributed by atoms with E-state index in [0.717, 1.165) is 38.5 Å². The van der Waals surface area contributed by atoms with Crippen molar-refractivity contribution in [2.24, 2.45) is 0 Å². The number of aromatic nitrogens is 2. The number of aliphatic hydroxyl groups is 1. The molecule has 0 bridgehead atoms. The average molecular weight is 322 g/mol. The van der Waals surface area contributed by atoms with E-state index in [-0.39, 0.29) is 6.61 Å². The third kappa shape index (κ3) is 2.44. The number of benzene rings is 1. The zero-order chi connectivity index (χ0) is 15.8. The number of nitrogens with zero attached hydrogens (tertiary/aromatic N) is 2. The van der Waals surface area contributed by atoms with Crippen LogP contribution in [0.2, 0.25) is 0 Å². The highest BCUT2D eigenvalue weighted by Crippen LogP contribution is 2.34. The first-order chi connectivity index (χ1) is 11.3. The van der Waals surface area contributed by atoms with E-state index < -0.39 is 0 Å². The van der Waals surface area contributed by atoms with Crippen LogP contribution in [0.1, 0.15) is 11.3 Å². The van der Waals surface area contributed by atoms with Crippen LogP contribution in [-0.4, -0.2) is 15.2 Å². The van der Waals surface area contributed by atoms with Crippen molar-refractivity contribution >= 4 is 22.4 Å². The Morgan fingerprint density at radius 3 is 2.70 bits per heavy atom. The summed E-state index contributed by atoms with van der Waals surface area (Å²) in [6.45, 7) is 1.93. The topological polar surface area (TPSA) is 59.2 Å². The molecular formula is C18H14N2O2S. The Bertz CT molecular complexity index is 957. The molecule has 0 fully saturated rings. The molecule has 0 amide bonds. The number of pyridine rings is 1. The van der Waals surface area contributed by atoms with Gasteiger partial charge in [-0.05, 0) is 35.6 Å². The van der Waals surface area contributed by atoms with E-state index in [2.05, 4.69) is 11.2 Å². The predicted molar refractivity (Wildman–Crippen MR) is 91.2 cm³/mol. The van der Waals surface area contributed by atoms with Crippen LogP contribution in [0.15, 0.2) is 52.4 Å². The van der Waals surface area contributed by atoms with Gasteiger partial charge in [-0.1, -0.05) is 35.5 Å². The van der Waals surface area contributed by atoms with Gasteiger partial charge < -0.3 is 9.63 Å². The molecule has 0 unspecified atom stereocenters. The predicted octanol–water partition coefficient (Wildman–Crippen LogP) is 4.42. The second-order valence-corrected chi connectivity index (χ2v) is 6.28. The minimum atomic E-state index is 0.0356. The van der Waals surface area contributed by atoms with Gasteiger partial charge in [0.25, 0.3) is 0 Å². The van der Waals surface area contributed by atoms with Crippen molar-refractivity contribution in [3.8, 4) is 21.7 Å². The largest absolute Gasteiger partial charge is 0.392 e. The Morgan fingerprint density at radius 1 is 1.17 bits per heavy atom. The number of aliphatic hydroxyl groups excluding tert-OH is 1. The van der Waals surface area contributed by atoms with E-state index in [1.54, 1.807) is 11.3 Å². The first-order valence-electron chi connectivity index (χ1n) is 7.27. The van der Waals surface area contributed by atoms with Crippen LogP contribution in [0.5, 0.6) is 0 Å². The van der Waals surface area contributed by atoms with Gasteiger partial charge in [0.1, 0.15) is 11.2 Å². The molecule has 3 heterocycles. The lowest BCUT2D eigenvalue weighted by atomic mass is 10.0. The fourth-order valence-corrected chi connectivity index (χ4v) is 3.27. The molecule has 0 aliphatic rings. The van der Waals surface area contributed by atoms with Crippen LogP contribution in [0.3, 0.4) is 0 Å². The van der Waals surface area contributed by atoms with Gasteiger partial charge in [0, 0.05) is 5.56 Å². The van der Waals surface area contributed by atoms with E-state index in [1.165, 1.54) is 0 Å². The van der Waals surface area contributed by atoms with Crippen molar-refractivity contribution in [2.75, 3.05) is 0 Å². The summed E-state index contributed by atoms with van der Waals surface area (Å²) in [5.74, 6) is 0. The van der Waals surface area contributed by atoms with E-state index in [9.17, 15) is 5.11 Å². The van der Waals surface area contributed by atoms with Crippen molar-refractivity contribution in [3.63, 3.8) is 0 Å². The lowest BCUT2D eigenvalue weighted by molar-refractivity contribution is 0.282. The minimum absolute atomic E-state index is 0.0356. The van der Waals surface area contributed by atoms with Crippen LogP contribution < -0.4 is 0 Å². The maximum atomic E-state index is 9.21. The SMILES string of the molecule is Cc1noc2c(-c3ccc(CO)cc3)cc(-c3cccs3)nc12. The van der Waals surface area contributed by atoms with Gasteiger partial charge in [-0.2, -0.15) is 0 Å². The van der Waals surface area contributed by atoms with Crippen LogP contribution in [0.25, 0.3) is 32.8 Å². The summed E-state index contributed by atoms with van der Waals surface area (Å²) in [6, 6.07) is 13.9. The maximum Gasteiger partial charge on any atom is 0.193 e. The molecule has 1 aromatic carbocycles. The third-order valence-corrected chi connectivity index (χ3v) is 4.70. The van der Waals surface area contributed by atoms with Crippen LogP contribution >= 0.6 is 11.3 Å². The summed E-state index contributed by atoms with van der Waals surface area (Å²) in [4.78, 5) is 5.82. The van der Waals surface area contributed by atoms with Crippen molar-refractivity contribution in [3.05, 3.63) is 59.1 Å². The molecule has 5 heteroatoms. The summed E-state index contributed by atoms with van der Waals surface area (Å²) >= 11 is 1.66. The van der Waals surface area contributed by atoms with E-state index >= 15 is 0 Å². The maximum absolute atomic E-state index is 9.21. The molecular weight excluding hydrogens is 308 g/mol. The highest BCUT2D eigenvalue weighted by atomic mass is 32.1. The molecule has 0 atom stereocenters. The average Bonchev–Trinajstić information content (AvgIpc) is 3.25. The van der Waals surface area contributed by atoms with E-state index in [1.807, 2.05) is 48.7 Å². The zero-order valence-corrected chi connectivity index (χ0v) is 13.3. The van der Waals surface area contributed by atoms with Gasteiger partial charge in [-0.15, -0.1) is 11.3 Å². The fourth-order valence-electron chi connectivity index (χ4n) is 2.58. The molecule has 1 N–H and O–H groups in total. The number of aryl methyl sites for hydroxylation is 1. The van der Waals surface area contributed by atoms with Crippen molar-refractivity contribution in [1.29, 1.82) is 0 Å². The molecule has 0 saturated heterocycles. The van der Waals surface area contributed by atoms with Crippen LogP contribution in [0, 0.1) is 6.92 Å². The molecule has 4 aromatic rings. The Balaban J connectivity index is 1.96. The lowest BCUT2D eigenvalue weighted by Gasteiger charge is -2.06.